The highest BCUT2D eigenvalue weighted by molar-refractivity contribution is 7.93. The van der Waals surface area contributed by atoms with Crippen LogP contribution in [0, 0.1) is 6.92 Å². The number of carbonyl (C=O) groups excluding carboxylic acids is 1. The molecule has 0 saturated heterocycles. The van der Waals surface area contributed by atoms with Gasteiger partial charge in [0.2, 0.25) is 0 Å². The van der Waals surface area contributed by atoms with Gasteiger partial charge < -0.3 is 4.74 Å². The average Bonchev–Trinajstić information content (AvgIpc) is 2.60. The van der Waals surface area contributed by atoms with Crippen molar-refractivity contribution in [2.45, 2.75) is 24.7 Å². The zero-order valence-electron chi connectivity index (χ0n) is 13.8. The summed E-state index contributed by atoms with van der Waals surface area (Å²) in [5.41, 5.74) is 2.09. The van der Waals surface area contributed by atoms with Gasteiger partial charge in [0, 0.05) is 12.7 Å². The van der Waals surface area contributed by atoms with E-state index in [1.807, 2.05) is 6.07 Å². The predicted octanol–water partition coefficient (Wildman–Crippen LogP) is 2.97. The molecule has 0 amide bonds. The highest BCUT2D eigenvalue weighted by Gasteiger charge is 2.35. The van der Waals surface area contributed by atoms with E-state index in [9.17, 15) is 13.2 Å². The number of pyridine rings is 1. The molecule has 0 radical (unpaired) electrons. The van der Waals surface area contributed by atoms with Crippen LogP contribution >= 0.6 is 11.6 Å². The summed E-state index contributed by atoms with van der Waals surface area (Å²) >= 11 is 6.01. The molecule has 1 aromatic heterocycles. The molecule has 1 aliphatic rings. The van der Waals surface area contributed by atoms with E-state index < -0.39 is 16.0 Å². The van der Waals surface area contributed by atoms with Gasteiger partial charge in [-0.2, -0.15) is 0 Å². The highest BCUT2D eigenvalue weighted by atomic mass is 35.5. The number of carbonyl (C=O) groups is 1. The van der Waals surface area contributed by atoms with Gasteiger partial charge >= 0.3 is 5.97 Å². The summed E-state index contributed by atoms with van der Waals surface area (Å²) in [5.74, 6) is -0.561. The maximum absolute atomic E-state index is 13.2. The van der Waals surface area contributed by atoms with Crippen molar-refractivity contribution < 1.29 is 17.9 Å². The molecule has 132 valence electrons. The van der Waals surface area contributed by atoms with Crippen LogP contribution < -0.4 is 4.31 Å². The number of esters is 1. The van der Waals surface area contributed by atoms with E-state index in [0.29, 0.717) is 24.1 Å². The molecule has 0 aliphatic carbocycles. The molecule has 2 aromatic rings. The SMILES string of the molecule is COC(=O)c1c(C)ccc2c1N(S(=O)(=O)c1cccnc1Cl)CCC2. The standard InChI is InChI=1S/C17H17ClN2O4S/c1-11-7-8-12-5-4-10-20(15(12)14(11)17(21)24-2)25(22,23)13-6-3-9-19-16(13)18/h3,6-9H,4-5,10H2,1-2H3. The minimum Gasteiger partial charge on any atom is -0.465 e. The number of aromatic nitrogens is 1. The molecule has 1 aromatic carbocycles. The van der Waals surface area contributed by atoms with Crippen LogP contribution in [0.3, 0.4) is 0 Å². The number of rotatable bonds is 3. The second-order valence-electron chi connectivity index (χ2n) is 5.73. The summed E-state index contributed by atoms with van der Waals surface area (Å²) in [6.07, 6.45) is 2.76. The Morgan fingerprint density at radius 1 is 1.32 bits per heavy atom. The van der Waals surface area contributed by atoms with Crippen LogP contribution in [-0.4, -0.2) is 33.0 Å². The number of hydrogen-bond acceptors (Lipinski definition) is 5. The third kappa shape index (κ3) is 2.98. The number of benzene rings is 1. The Bertz CT molecular complexity index is 944. The Morgan fingerprint density at radius 3 is 2.76 bits per heavy atom. The van der Waals surface area contributed by atoms with Crippen LogP contribution in [0.25, 0.3) is 0 Å². The first-order chi connectivity index (χ1) is 11.9. The van der Waals surface area contributed by atoms with Gasteiger partial charge in [0.05, 0.1) is 18.4 Å². The number of nitrogens with zero attached hydrogens (tertiary/aromatic N) is 2. The monoisotopic (exact) mass is 380 g/mol. The lowest BCUT2D eigenvalue weighted by Crippen LogP contribution is -2.37. The second-order valence-corrected chi connectivity index (χ2v) is 7.92. The van der Waals surface area contributed by atoms with Crippen molar-refractivity contribution in [1.82, 2.24) is 4.98 Å². The normalized spacial score (nSPS) is 14.1. The smallest absolute Gasteiger partial charge is 0.340 e. The lowest BCUT2D eigenvalue weighted by atomic mass is 9.96. The summed E-state index contributed by atoms with van der Waals surface area (Å²) < 4.78 is 32.5. The van der Waals surface area contributed by atoms with Crippen molar-refractivity contribution in [3.63, 3.8) is 0 Å². The number of methoxy groups -OCH3 is 1. The zero-order valence-corrected chi connectivity index (χ0v) is 15.4. The molecule has 2 heterocycles. The number of ether oxygens (including phenoxy) is 1. The lowest BCUT2D eigenvalue weighted by Gasteiger charge is -2.32. The van der Waals surface area contributed by atoms with Crippen LogP contribution in [0.5, 0.6) is 0 Å². The van der Waals surface area contributed by atoms with Gasteiger partial charge in [0.1, 0.15) is 10.0 Å². The van der Waals surface area contributed by atoms with E-state index in [4.69, 9.17) is 16.3 Å². The maximum atomic E-state index is 13.2. The fourth-order valence-corrected chi connectivity index (χ4v) is 5.01. The van der Waals surface area contributed by atoms with Crippen molar-refractivity contribution in [3.05, 3.63) is 52.3 Å². The van der Waals surface area contributed by atoms with Crippen molar-refractivity contribution in [3.8, 4) is 0 Å². The van der Waals surface area contributed by atoms with E-state index in [1.165, 1.54) is 29.7 Å². The fraction of sp³-hybridized carbons (Fsp3) is 0.294. The number of fused-ring (bicyclic) bond motifs is 1. The number of sulfonamides is 1. The van der Waals surface area contributed by atoms with Crippen LogP contribution in [0.2, 0.25) is 5.15 Å². The Kier molecular flexibility index (Phi) is 4.71. The van der Waals surface area contributed by atoms with Crippen molar-refractivity contribution in [2.24, 2.45) is 0 Å². The number of hydrogen-bond donors (Lipinski definition) is 0. The van der Waals surface area contributed by atoms with Gasteiger partial charge in [-0.3, -0.25) is 4.31 Å². The molecular weight excluding hydrogens is 364 g/mol. The van der Waals surface area contributed by atoms with Crippen LogP contribution in [-0.2, 0) is 21.2 Å². The fourth-order valence-electron chi connectivity index (χ4n) is 3.03. The molecule has 0 bridgehead atoms. The number of anilines is 1. The third-order valence-electron chi connectivity index (χ3n) is 4.21. The number of aryl methyl sites for hydroxylation is 2. The number of halogens is 1. The van der Waals surface area contributed by atoms with E-state index in [0.717, 1.165) is 5.56 Å². The largest absolute Gasteiger partial charge is 0.465 e. The molecular formula is C17H17ClN2O4S. The van der Waals surface area contributed by atoms with E-state index >= 15 is 0 Å². The van der Waals surface area contributed by atoms with Crippen molar-refractivity contribution in [2.75, 3.05) is 18.0 Å². The minimum atomic E-state index is -3.96. The average molecular weight is 381 g/mol. The Balaban J connectivity index is 2.25. The quantitative estimate of drug-likeness (QED) is 0.604. The van der Waals surface area contributed by atoms with Gasteiger partial charge in [-0.1, -0.05) is 23.7 Å². The topological polar surface area (TPSA) is 76.6 Å². The maximum Gasteiger partial charge on any atom is 0.340 e. The summed E-state index contributed by atoms with van der Waals surface area (Å²) in [4.78, 5) is 16.1. The zero-order chi connectivity index (χ0) is 18.2. The molecule has 6 nitrogen and oxygen atoms in total. The molecule has 0 atom stereocenters. The molecule has 0 unspecified atom stereocenters. The summed E-state index contributed by atoms with van der Waals surface area (Å²) in [7, 11) is -2.68. The summed E-state index contributed by atoms with van der Waals surface area (Å²) in [5, 5.41) is -0.0955. The molecule has 1 aliphatic heterocycles. The van der Waals surface area contributed by atoms with Crippen molar-refractivity contribution >= 4 is 33.3 Å². The van der Waals surface area contributed by atoms with Crippen LogP contribution in [0.15, 0.2) is 35.4 Å². The molecule has 0 N–H and O–H groups in total. The van der Waals surface area contributed by atoms with Crippen LogP contribution in [0.1, 0.15) is 27.9 Å². The summed E-state index contributed by atoms with van der Waals surface area (Å²) in [6, 6.07) is 6.58. The molecule has 25 heavy (non-hydrogen) atoms. The Morgan fingerprint density at radius 2 is 2.08 bits per heavy atom. The Labute approximate surface area is 151 Å². The lowest BCUT2D eigenvalue weighted by molar-refractivity contribution is 0.0600. The molecule has 0 saturated carbocycles. The molecule has 3 rings (SSSR count). The first-order valence-corrected chi connectivity index (χ1v) is 9.53. The van der Waals surface area contributed by atoms with Gasteiger partial charge in [0.15, 0.2) is 0 Å². The summed E-state index contributed by atoms with van der Waals surface area (Å²) in [6.45, 7) is 2.01. The first-order valence-electron chi connectivity index (χ1n) is 7.72. The van der Waals surface area contributed by atoms with E-state index in [-0.39, 0.29) is 22.2 Å². The second kappa shape index (κ2) is 6.65. The van der Waals surface area contributed by atoms with E-state index in [1.54, 1.807) is 13.0 Å². The van der Waals surface area contributed by atoms with E-state index in [2.05, 4.69) is 4.98 Å². The third-order valence-corrected chi connectivity index (χ3v) is 6.45. The molecule has 0 fully saturated rings. The molecule has 8 heteroatoms. The predicted molar refractivity (Wildman–Crippen MR) is 94.6 cm³/mol. The van der Waals surface area contributed by atoms with Crippen LogP contribution in [0.4, 0.5) is 5.69 Å². The molecule has 0 spiro atoms. The highest BCUT2D eigenvalue weighted by Crippen LogP contribution is 2.37. The Hall–Kier alpha value is -2.12. The first kappa shape index (κ1) is 17.7. The van der Waals surface area contributed by atoms with Gasteiger partial charge in [-0.15, -0.1) is 0 Å². The van der Waals surface area contributed by atoms with Crippen molar-refractivity contribution in [1.29, 1.82) is 0 Å². The van der Waals surface area contributed by atoms with Gasteiger partial charge in [0.25, 0.3) is 10.0 Å². The van der Waals surface area contributed by atoms with Gasteiger partial charge in [-0.25, -0.2) is 18.2 Å². The minimum absolute atomic E-state index is 0.0816. The van der Waals surface area contributed by atoms with Gasteiger partial charge in [-0.05, 0) is 43.0 Å².